The molecule has 0 aliphatic carbocycles. The fraction of sp³-hybridized carbons (Fsp3) is 0.562. The van der Waals surface area contributed by atoms with Crippen LogP contribution in [-0.2, 0) is 25.6 Å². The Morgan fingerprint density at radius 1 is 1.29 bits per heavy atom. The van der Waals surface area contributed by atoms with Crippen molar-refractivity contribution in [2.45, 2.75) is 31.6 Å². The number of rotatable bonds is 4. The molecule has 24 heavy (non-hydrogen) atoms. The van der Waals surface area contributed by atoms with E-state index >= 15 is 0 Å². The van der Waals surface area contributed by atoms with E-state index in [1.54, 1.807) is 0 Å². The summed E-state index contributed by atoms with van der Waals surface area (Å²) in [5.41, 5.74) is 2.27. The first kappa shape index (κ1) is 15.9. The number of hydrogen-bond acceptors (Lipinski definition) is 6. The van der Waals surface area contributed by atoms with Crippen LogP contribution in [0.4, 0.5) is 17.1 Å². The van der Waals surface area contributed by atoms with Crippen LogP contribution in [0.15, 0.2) is 26.9 Å². The minimum Gasteiger partial charge on any atom is -0.349 e. The molecule has 0 aromatic heterocycles. The lowest BCUT2D eigenvalue weighted by molar-refractivity contribution is -0.127. The van der Waals surface area contributed by atoms with Crippen molar-refractivity contribution >= 4 is 34.3 Å². The van der Waals surface area contributed by atoms with Gasteiger partial charge in [-0.1, -0.05) is 12.5 Å². The van der Waals surface area contributed by atoms with Crippen LogP contribution in [0, 0.1) is 0 Å². The number of anilines is 1. The van der Waals surface area contributed by atoms with Crippen LogP contribution in [-0.4, -0.2) is 49.4 Å². The minimum absolute atomic E-state index is 0.0413. The van der Waals surface area contributed by atoms with Crippen LogP contribution >= 0.6 is 0 Å². The van der Waals surface area contributed by atoms with Crippen molar-refractivity contribution in [3.8, 4) is 0 Å². The van der Waals surface area contributed by atoms with E-state index in [4.69, 9.17) is 9.47 Å². The fourth-order valence-electron chi connectivity index (χ4n) is 3.40. The van der Waals surface area contributed by atoms with Crippen molar-refractivity contribution < 1.29 is 14.3 Å². The Hall–Kier alpha value is -1.61. The highest BCUT2D eigenvalue weighted by Gasteiger charge is 2.34. The van der Waals surface area contributed by atoms with Crippen molar-refractivity contribution in [1.82, 2.24) is 4.90 Å². The summed E-state index contributed by atoms with van der Waals surface area (Å²) in [4.78, 5) is 14.7. The quantitative estimate of drug-likeness (QED) is 0.921. The van der Waals surface area contributed by atoms with Gasteiger partial charge >= 0.3 is 0 Å². The van der Waals surface area contributed by atoms with E-state index in [9.17, 15) is 4.79 Å². The molecule has 4 rings (SSSR count). The van der Waals surface area contributed by atoms with Gasteiger partial charge in [0.1, 0.15) is 11.4 Å². The summed E-state index contributed by atoms with van der Waals surface area (Å²) in [7, 11) is 0. The van der Waals surface area contributed by atoms with E-state index in [0.29, 0.717) is 25.4 Å². The average molecular weight is 348 g/mol. The van der Waals surface area contributed by atoms with Crippen molar-refractivity contribution in [3.63, 3.8) is 0 Å². The molecular formula is C16H20N4O3S. The topological polar surface area (TPSA) is 75.5 Å². The molecule has 128 valence electrons. The lowest BCUT2D eigenvalue weighted by atomic mass is 10.0. The zero-order valence-electron chi connectivity index (χ0n) is 13.3. The number of carbonyl (C=O) groups is 1. The molecule has 7 nitrogen and oxygen atoms in total. The third-order valence-electron chi connectivity index (χ3n) is 4.53. The summed E-state index contributed by atoms with van der Waals surface area (Å²) in [6.07, 6.45) is 3.05. The van der Waals surface area contributed by atoms with E-state index in [-0.39, 0.29) is 18.2 Å². The molecule has 0 bridgehead atoms. The highest BCUT2D eigenvalue weighted by molar-refractivity contribution is 7.58. The normalized spacial score (nSPS) is 23.9. The second-order valence-electron chi connectivity index (χ2n) is 6.13. The third-order valence-corrected chi connectivity index (χ3v) is 5.08. The van der Waals surface area contributed by atoms with Crippen LogP contribution in [0.3, 0.4) is 0 Å². The molecule has 3 aliphatic rings. The number of amides is 1. The van der Waals surface area contributed by atoms with Gasteiger partial charge in [-0.15, -0.1) is 0 Å². The summed E-state index contributed by atoms with van der Waals surface area (Å²) in [6, 6.07) is 5.79. The van der Waals surface area contributed by atoms with Gasteiger partial charge in [0.15, 0.2) is 6.29 Å². The first-order valence-corrected chi connectivity index (χ1v) is 9.03. The summed E-state index contributed by atoms with van der Waals surface area (Å²) < 4.78 is 19.8. The molecule has 3 heterocycles. The first-order valence-electron chi connectivity index (χ1n) is 8.30. The van der Waals surface area contributed by atoms with Gasteiger partial charge in [0.25, 0.3) is 0 Å². The van der Waals surface area contributed by atoms with E-state index in [0.717, 1.165) is 48.5 Å². The van der Waals surface area contributed by atoms with Gasteiger partial charge in [0.05, 0.1) is 42.8 Å². The molecule has 3 aliphatic heterocycles. The number of hydrogen-bond donors (Lipinski definition) is 1. The van der Waals surface area contributed by atoms with Gasteiger partial charge in [-0.25, -0.2) is 0 Å². The predicted molar refractivity (Wildman–Crippen MR) is 91.5 cm³/mol. The average Bonchev–Trinajstić information content (AvgIpc) is 3.27. The highest BCUT2D eigenvalue weighted by atomic mass is 32.1. The monoisotopic (exact) mass is 348 g/mol. The smallest absolute Gasteiger partial charge is 0.238 e. The summed E-state index contributed by atoms with van der Waals surface area (Å²) in [5.74, 6) is -0.0413. The van der Waals surface area contributed by atoms with Crippen molar-refractivity contribution in [2.24, 2.45) is 8.73 Å². The first-order chi connectivity index (χ1) is 11.8. The van der Waals surface area contributed by atoms with Gasteiger partial charge in [-0.05, 0) is 31.5 Å². The number of carbonyl (C=O) groups excluding carboxylic acids is 1. The molecule has 1 N–H and O–H groups in total. The van der Waals surface area contributed by atoms with Crippen LogP contribution in [0.25, 0.3) is 0 Å². The molecule has 8 heteroatoms. The maximum atomic E-state index is 12.5. The van der Waals surface area contributed by atoms with E-state index in [1.807, 2.05) is 18.2 Å². The maximum Gasteiger partial charge on any atom is 0.238 e. The van der Waals surface area contributed by atoms with Crippen LogP contribution < -0.4 is 5.32 Å². The summed E-state index contributed by atoms with van der Waals surface area (Å²) >= 11 is 1.15. The zero-order chi connectivity index (χ0) is 16.4. The SMILES string of the molecule is O=C(CN1CCCC[C@@H]1C1OCCO1)Nc1cccc2c1N=S=N2. The Labute approximate surface area is 144 Å². The van der Waals surface area contributed by atoms with Crippen LogP contribution in [0.5, 0.6) is 0 Å². The van der Waals surface area contributed by atoms with E-state index in [1.165, 1.54) is 0 Å². The molecule has 1 atom stereocenters. The van der Waals surface area contributed by atoms with Gasteiger partial charge in [0.2, 0.25) is 5.91 Å². The molecule has 2 saturated heterocycles. The Morgan fingerprint density at radius 2 is 2.17 bits per heavy atom. The van der Waals surface area contributed by atoms with Crippen LogP contribution in [0.1, 0.15) is 19.3 Å². The number of benzene rings is 1. The van der Waals surface area contributed by atoms with Crippen molar-refractivity contribution in [3.05, 3.63) is 18.2 Å². The number of ether oxygens (including phenoxy) is 2. The molecule has 0 spiro atoms. The van der Waals surface area contributed by atoms with E-state index in [2.05, 4.69) is 18.9 Å². The van der Waals surface area contributed by atoms with Gasteiger partial charge in [0, 0.05) is 0 Å². The number of nitrogens with zero attached hydrogens (tertiary/aromatic N) is 3. The number of piperidine rings is 1. The number of fused-ring (bicyclic) bond motifs is 1. The Kier molecular flexibility index (Phi) is 4.70. The minimum atomic E-state index is -0.204. The van der Waals surface area contributed by atoms with Gasteiger partial charge in [-0.3, -0.25) is 9.69 Å². The predicted octanol–water partition coefficient (Wildman–Crippen LogP) is 2.58. The van der Waals surface area contributed by atoms with Crippen molar-refractivity contribution in [2.75, 3.05) is 31.6 Å². The molecular weight excluding hydrogens is 328 g/mol. The summed E-state index contributed by atoms with van der Waals surface area (Å²) in [5, 5.41) is 2.97. The van der Waals surface area contributed by atoms with Gasteiger partial charge in [-0.2, -0.15) is 8.73 Å². The maximum absolute atomic E-state index is 12.5. The summed E-state index contributed by atoms with van der Waals surface area (Å²) in [6.45, 7) is 2.51. The van der Waals surface area contributed by atoms with Gasteiger partial charge < -0.3 is 14.8 Å². The Bertz CT molecular complexity index is 699. The van der Waals surface area contributed by atoms with E-state index < -0.39 is 0 Å². The highest BCUT2D eigenvalue weighted by Crippen LogP contribution is 2.38. The molecule has 0 radical (unpaired) electrons. The Balaban J connectivity index is 1.41. The molecule has 1 aromatic carbocycles. The lowest BCUT2D eigenvalue weighted by Gasteiger charge is -2.37. The number of nitrogens with one attached hydrogen (secondary N) is 1. The molecule has 2 fully saturated rings. The molecule has 0 saturated carbocycles. The molecule has 0 unspecified atom stereocenters. The second kappa shape index (κ2) is 7.10. The second-order valence-corrected chi connectivity index (χ2v) is 6.66. The molecule has 1 aromatic rings. The van der Waals surface area contributed by atoms with Crippen molar-refractivity contribution in [1.29, 1.82) is 0 Å². The molecule has 1 amide bonds. The zero-order valence-corrected chi connectivity index (χ0v) is 14.1. The lowest BCUT2D eigenvalue weighted by Crippen LogP contribution is -2.50. The fourth-order valence-corrected chi connectivity index (χ4v) is 3.95. The number of likely N-dealkylation sites (tertiary alicyclic amines) is 1. The largest absolute Gasteiger partial charge is 0.349 e. The van der Waals surface area contributed by atoms with Crippen LogP contribution in [0.2, 0.25) is 0 Å². The standard InChI is InChI=1S/C16H20N4O3S/c21-14(17-11-4-3-5-12-15(11)19-24-18-12)10-20-7-2-1-6-13(20)16-22-8-9-23-16/h3-5,13,16H,1-2,6-10H2,(H,17,21)/t13-/m1/s1. The third kappa shape index (κ3) is 3.27. The Morgan fingerprint density at radius 3 is 3.04 bits per heavy atom.